The molecule has 0 unspecified atom stereocenters. The lowest BCUT2D eigenvalue weighted by Gasteiger charge is -2.34. The van der Waals surface area contributed by atoms with Gasteiger partial charge in [0, 0.05) is 16.5 Å². The second-order valence-corrected chi connectivity index (χ2v) is 7.25. The molecule has 2 aromatic carbocycles. The van der Waals surface area contributed by atoms with E-state index >= 15 is 0 Å². The van der Waals surface area contributed by atoms with Crippen LogP contribution < -0.4 is 20.6 Å². The third-order valence-corrected chi connectivity index (χ3v) is 5.44. The van der Waals surface area contributed by atoms with Crippen LogP contribution in [0.25, 0.3) is 5.70 Å². The van der Waals surface area contributed by atoms with Gasteiger partial charge in [0.25, 0.3) is 5.91 Å². The molecule has 2 aliphatic heterocycles. The second kappa shape index (κ2) is 7.44. The Labute approximate surface area is 161 Å². The standard InChI is InChI=1S/C20H20N4O2S/c1-3-12-27-20-22-19(25)17-13-8-4-6-10-15(13)21-18(24(17)23-20)14-9-5-7-11-16(14)26-2/h4-11,18H,3,12H2,1-2H3,(H,22,23,25)/t18-/m1/s1. The van der Waals surface area contributed by atoms with Crippen LogP contribution in [0, 0.1) is 0 Å². The van der Waals surface area contributed by atoms with Gasteiger partial charge < -0.3 is 4.74 Å². The molecule has 1 N–H and O–H groups in total. The van der Waals surface area contributed by atoms with Gasteiger partial charge in [-0.15, -0.1) is 5.10 Å². The molecule has 0 radical (unpaired) electrons. The van der Waals surface area contributed by atoms with Crippen LogP contribution in [0.15, 0.2) is 58.6 Å². The van der Waals surface area contributed by atoms with Gasteiger partial charge in [-0.2, -0.15) is 0 Å². The largest absolute Gasteiger partial charge is 0.496 e. The highest BCUT2D eigenvalue weighted by Crippen LogP contribution is 2.35. The van der Waals surface area contributed by atoms with Gasteiger partial charge in [0.15, 0.2) is 11.3 Å². The number of thioether (sulfide) groups is 1. The number of amides is 1. The summed E-state index contributed by atoms with van der Waals surface area (Å²) in [6, 6.07) is 15.3. The third kappa shape index (κ3) is 3.19. The summed E-state index contributed by atoms with van der Waals surface area (Å²) in [6.07, 6.45) is 0.536. The first-order valence-corrected chi connectivity index (χ1v) is 9.83. The minimum absolute atomic E-state index is 0.161. The van der Waals surface area contributed by atoms with Gasteiger partial charge in [0.05, 0.1) is 12.5 Å². The number of methoxy groups -OCH3 is 1. The molecule has 1 atom stereocenters. The Hall–Kier alpha value is -2.80. The molecule has 4 rings (SSSR count). The molecule has 2 aromatic rings. The molecule has 0 saturated heterocycles. The van der Waals surface area contributed by atoms with Crippen molar-refractivity contribution >= 4 is 28.5 Å². The summed E-state index contributed by atoms with van der Waals surface area (Å²) in [4.78, 5) is 17.8. The predicted molar refractivity (Wildman–Crippen MR) is 107 cm³/mol. The van der Waals surface area contributed by atoms with Crippen molar-refractivity contribution in [3.05, 3.63) is 64.7 Å². The number of amidine groups is 1. The van der Waals surface area contributed by atoms with E-state index in [4.69, 9.17) is 14.8 Å². The predicted octanol–water partition coefficient (Wildman–Crippen LogP) is 1.98. The maximum Gasteiger partial charge on any atom is 0.276 e. The number of hydrogen-bond acceptors (Lipinski definition) is 6. The van der Waals surface area contributed by atoms with Crippen LogP contribution >= 0.6 is 11.8 Å². The fourth-order valence-corrected chi connectivity index (χ4v) is 3.88. The van der Waals surface area contributed by atoms with Crippen molar-refractivity contribution in [1.82, 2.24) is 10.3 Å². The van der Waals surface area contributed by atoms with Gasteiger partial charge in [0.2, 0.25) is 0 Å². The number of nitrogens with zero attached hydrogens (tertiary/aromatic N) is 3. The van der Waals surface area contributed by atoms with E-state index in [1.165, 1.54) is 11.8 Å². The zero-order valence-corrected chi connectivity index (χ0v) is 16.0. The van der Waals surface area contributed by atoms with Gasteiger partial charge in [-0.1, -0.05) is 55.1 Å². The van der Waals surface area contributed by atoms with E-state index in [0.29, 0.717) is 16.6 Å². The molecule has 0 fully saturated rings. The van der Waals surface area contributed by atoms with Crippen molar-refractivity contribution in [3.8, 4) is 5.75 Å². The summed E-state index contributed by atoms with van der Waals surface area (Å²) in [5.74, 6) is 1.44. The Balaban J connectivity index is 1.92. The molecule has 6 nitrogen and oxygen atoms in total. The summed E-state index contributed by atoms with van der Waals surface area (Å²) in [6.45, 7) is 2.10. The van der Waals surface area contributed by atoms with E-state index < -0.39 is 6.17 Å². The lowest BCUT2D eigenvalue weighted by atomic mass is 10.1. The number of fused-ring (bicyclic) bond motifs is 2. The number of hydrazone groups is 1. The van der Waals surface area contributed by atoms with Gasteiger partial charge in [-0.25, -0.2) is 5.01 Å². The van der Waals surface area contributed by atoms with E-state index in [-0.39, 0.29) is 5.91 Å². The highest BCUT2D eigenvalue weighted by atomic mass is 32.2. The molecule has 27 heavy (non-hydrogen) atoms. The van der Waals surface area contributed by atoms with Crippen LogP contribution in [-0.2, 0) is 4.79 Å². The van der Waals surface area contributed by atoms with Crippen molar-refractivity contribution < 1.29 is 9.53 Å². The summed E-state index contributed by atoms with van der Waals surface area (Å²) in [5.41, 5.74) is 1.38. The Morgan fingerprint density at radius 1 is 1.19 bits per heavy atom. The van der Waals surface area contributed by atoms with Crippen molar-refractivity contribution in [2.75, 3.05) is 12.9 Å². The first-order chi connectivity index (χ1) is 13.2. The number of carbonyl (C=O) groups is 1. The van der Waals surface area contributed by atoms with Crippen molar-refractivity contribution in [2.24, 2.45) is 10.1 Å². The Morgan fingerprint density at radius 2 is 1.96 bits per heavy atom. The molecule has 0 saturated carbocycles. The van der Waals surface area contributed by atoms with Gasteiger partial charge in [0.1, 0.15) is 11.4 Å². The number of para-hydroxylation sites is 2. The van der Waals surface area contributed by atoms with Gasteiger partial charge >= 0.3 is 0 Å². The number of rotatable bonds is 4. The highest BCUT2D eigenvalue weighted by molar-refractivity contribution is 8.13. The molecule has 1 amide bonds. The van der Waals surface area contributed by atoms with Crippen LogP contribution in [0.3, 0.4) is 0 Å². The normalized spacial score (nSPS) is 18.1. The van der Waals surface area contributed by atoms with Crippen LogP contribution in [0.2, 0.25) is 0 Å². The van der Waals surface area contributed by atoms with Crippen molar-refractivity contribution in [1.29, 1.82) is 0 Å². The Kier molecular flexibility index (Phi) is 4.85. The van der Waals surface area contributed by atoms with Gasteiger partial charge in [-0.3, -0.25) is 15.1 Å². The first kappa shape index (κ1) is 17.6. The Morgan fingerprint density at radius 3 is 2.78 bits per heavy atom. The van der Waals surface area contributed by atoms with E-state index in [1.807, 2.05) is 48.5 Å². The lowest BCUT2D eigenvalue weighted by molar-refractivity contribution is -0.116. The smallest absolute Gasteiger partial charge is 0.276 e. The summed E-state index contributed by atoms with van der Waals surface area (Å²) >= 11 is 1.54. The number of benzene rings is 2. The fourth-order valence-electron chi connectivity index (χ4n) is 3.17. The molecular formula is C20H20N4O2S. The van der Waals surface area contributed by atoms with E-state index in [9.17, 15) is 4.79 Å². The summed E-state index contributed by atoms with van der Waals surface area (Å²) in [5, 5.41) is 11.5. The summed E-state index contributed by atoms with van der Waals surface area (Å²) < 4.78 is 5.53. The average molecular weight is 380 g/mol. The van der Waals surface area contributed by atoms with Crippen molar-refractivity contribution in [3.63, 3.8) is 0 Å². The quantitative estimate of drug-likeness (QED) is 0.881. The molecular weight excluding hydrogens is 360 g/mol. The molecule has 0 bridgehead atoms. The molecule has 0 spiro atoms. The molecule has 0 aromatic heterocycles. The number of hydrogen-bond donors (Lipinski definition) is 1. The maximum absolute atomic E-state index is 12.9. The average Bonchev–Trinajstić information content (AvgIpc) is 2.71. The minimum Gasteiger partial charge on any atom is -0.496 e. The van der Waals surface area contributed by atoms with Crippen LogP contribution in [0.5, 0.6) is 5.75 Å². The lowest BCUT2D eigenvalue weighted by Crippen LogP contribution is -2.50. The zero-order valence-electron chi connectivity index (χ0n) is 15.2. The monoisotopic (exact) mass is 380 g/mol. The molecule has 0 aliphatic carbocycles. The van der Waals surface area contributed by atoms with Crippen molar-refractivity contribution in [2.45, 2.75) is 19.5 Å². The van der Waals surface area contributed by atoms with E-state index in [2.05, 4.69) is 12.2 Å². The number of carbonyl (C=O) groups excluding carboxylic acids is 1. The molecule has 2 aliphatic rings. The van der Waals surface area contributed by atoms with E-state index in [0.717, 1.165) is 28.3 Å². The zero-order chi connectivity index (χ0) is 18.8. The number of nitrogens with one attached hydrogen (secondary N) is 1. The highest BCUT2D eigenvalue weighted by Gasteiger charge is 2.35. The summed E-state index contributed by atoms with van der Waals surface area (Å²) in [7, 11) is 1.63. The fraction of sp³-hybridized carbons (Fsp3) is 0.250. The minimum atomic E-state index is -0.464. The van der Waals surface area contributed by atoms with Crippen LogP contribution in [0.4, 0.5) is 0 Å². The van der Waals surface area contributed by atoms with E-state index in [1.54, 1.807) is 12.1 Å². The van der Waals surface area contributed by atoms with Gasteiger partial charge in [-0.05, 0) is 18.6 Å². The SMILES string of the molecule is CCCSC1=NN2C(=c3ccccc3=N[C@H]2c2ccccc2OC)C(=O)N1. The molecule has 7 heteroatoms. The maximum atomic E-state index is 12.9. The number of ether oxygens (including phenoxy) is 1. The second-order valence-electron chi connectivity index (χ2n) is 6.16. The third-order valence-electron chi connectivity index (χ3n) is 4.38. The topological polar surface area (TPSA) is 66.3 Å². The Bertz CT molecular complexity index is 1030. The molecule has 2 heterocycles. The van der Waals surface area contributed by atoms with Crippen LogP contribution in [0.1, 0.15) is 25.1 Å². The first-order valence-electron chi connectivity index (χ1n) is 8.85. The molecule has 138 valence electrons. The van der Waals surface area contributed by atoms with Crippen LogP contribution in [-0.4, -0.2) is 28.9 Å².